The van der Waals surface area contributed by atoms with Gasteiger partial charge in [-0.3, -0.25) is 14.4 Å². The van der Waals surface area contributed by atoms with Gasteiger partial charge < -0.3 is 9.84 Å². The Morgan fingerprint density at radius 2 is 1.34 bits per heavy atom. The summed E-state index contributed by atoms with van der Waals surface area (Å²) in [5.41, 5.74) is 2.37. The van der Waals surface area contributed by atoms with Gasteiger partial charge in [-0.05, 0) is 26.0 Å². The Kier molecular flexibility index (Phi) is 10.2. The number of aliphatic hydroxyl groups is 1. The van der Waals surface area contributed by atoms with Crippen LogP contribution in [0.3, 0.4) is 0 Å². The molecule has 0 aliphatic rings. The second kappa shape index (κ2) is 12.7. The van der Waals surface area contributed by atoms with Crippen LogP contribution in [0.25, 0.3) is 0 Å². The van der Waals surface area contributed by atoms with Gasteiger partial charge in [-0.1, -0.05) is 60.1 Å². The average molecular weight is 390 g/mol. The molecule has 2 atom stereocenters. The van der Waals surface area contributed by atoms with E-state index < -0.39 is 12.2 Å². The number of hydrogen-bond acceptors (Lipinski definition) is 5. The predicted octanol–water partition coefficient (Wildman–Crippen LogP) is 3.03. The lowest BCUT2D eigenvalue weighted by atomic mass is 10.1. The van der Waals surface area contributed by atoms with Gasteiger partial charge in [-0.25, -0.2) is 0 Å². The topological polar surface area (TPSA) is 80.7 Å². The molecule has 0 saturated heterocycles. The molecule has 0 radical (unpaired) electrons. The largest absolute Gasteiger partial charge is 0.450 e. The third-order valence-corrected chi connectivity index (χ3v) is 3.34. The molecular formula is C24H22O5. The number of aldehydes is 2. The van der Waals surface area contributed by atoms with Crippen LogP contribution < -0.4 is 0 Å². The first-order chi connectivity index (χ1) is 13.9. The van der Waals surface area contributed by atoms with Crippen molar-refractivity contribution in [2.24, 2.45) is 0 Å². The third kappa shape index (κ3) is 9.19. The fourth-order valence-electron chi connectivity index (χ4n) is 2.07. The van der Waals surface area contributed by atoms with Gasteiger partial charge >= 0.3 is 5.97 Å². The van der Waals surface area contributed by atoms with Crippen molar-refractivity contribution < 1.29 is 24.2 Å². The molecule has 0 saturated carbocycles. The first-order valence-electron chi connectivity index (χ1n) is 8.84. The smallest absolute Gasteiger partial charge is 0.303 e. The number of benzene rings is 2. The van der Waals surface area contributed by atoms with Crippen molar-refractivity contribution in [3.05, 3.63) is 70.8 Å². The van der Waals surface area contributed by atoms with Crippen LogP contribution in [0.15, 0.2) is 48.5 Å². The van der Waals surface area contributed by atoms with Crippen LogP contribution in [0.4, 0.5) is 0 Å². The highest BCUT2D eigenvalue weighted by Crippen LogP contribution is 2.05. The number of rotatable bonds is 3. The number of ether oxygens (including phenoxy) is 1. The molecule has 0 spiro atoms. The Bertz CT molecular complexity index is 968. The Hall–Kier alpha value is -3.67. The first-order valence-corrected chi connectivity index (χ1v) is 8.84. The maximum Gasteiger partial charge on any atom is 0.303 e. The number of aliphatic hydroxyl groups excluding tert-OH is 1. The van der Waals surface area contributed by atoms with Gasteiger partial charge in [-0.15, -0.1) is 0 Å². The second-order valence-corrected chi connectivity index (χ2v) is 5.88. The summed E-state index contributed by atoms with van der Waals surface area (Å²) in [6, 6.07) is 14.0. The van der Waals surface area contributed by atoms with Crippen molar-refractivity contribution in [3.8, 4) is 23.7 Å². The monoisotopic (exact) mass is 390 g/mol. The maximum atomic E-state index is 10.7. The van der Waals surface area contributed by atoms with Gasteiger partial charge in [0.25, 0.3) is 0 Å². The minimum Gasteiger partial charge on any atom is -0.450 e. The molecule has 1 N–H and O–H groups in total. The molecule has 5 nitrogen and oxygen atoms in total. The molecule has 0 bridgehead atoms. The summed E-state index contributed by atoms with van der Waals surface area (Å²) in [4.78, 5) is 31.9. The molecule has 0 aliphatic carbocycles. The van der Waals surface area contributed by atoms with Crippen molar-refractivity contribution in [1.29, 1.82) is 0 Å². The van der Waals surface area contributed by atoms with Crippen LogP contribution in [0.1, 0.15) is 52.6 Å². The van der Waals surface area contributed by atoms with E-state index in [9.17, 15) is 14.4 Å². The maximum absolute atomic E-state index is 10.7. The fraction of sp³-hybridized carbons (Fsp3) is 0.208. The fourth-order valence-corrected chi connectivity index (χ4v) is 2.07. The predicted molar refractivity (Wildman–Crippen MR) is 110 cm³/mol. The molecule has 0 aliphatic heterocycles. The van der Waals surface area contributed by atoms with Crippen molar-refractivity contribution in [2.45, 2.75) is 33.0 Å². The highest BCUT2D eigenvalue weighted by atomic mass is 16.5. The van der Waals surface area contributed by atoms with Crippen LogP contribution in [0, 0.1) is 23.7 Å². The summed E-state index contributed by atoms with van der Waals surface area (Å²) in [7, 11) is 0. The minimum absolute atomic E-state index is 0.370. The number of carbonyl (C=O) groups excluding carboxylic acids is 3. The lowest BCUT2D eigenvalue weighted by Gasteiger charge is -2.03. The van der Waals surface area contributed by atoms with Crippen molar-refractivity contribution in [3.63, 3.8) is 0 Å². The summed E-state index contributed by atoms with van der Waals surface area (Å²) in [5, 5.41) is 8.92. The number of carbonyl (C=O) groups is 3. The summed E-state index contributed by atoms with van der Waals surface area (Å²) in [6.07, 6.45) is 0.365. The van der Waals surface area contributed by atoms with E-state index in [1.54, 1.807) is 62.4 Å². The Labute approximate surface area is 170 Å². The van der Waals surface area contributed by atoms with E-state index in [2.05, 4.69) is 23.7 Å². The van der Waals surface area contributed by atoms with E-state index in [0.717, 1.165) is 12.6 Å². The zero-order valence-electron chi connectivity index (χ0n) is 16.5. The van der Waals surface area contributed by atoms with Crippen LogP contribution in [0.5, 0.6) is 0 Å². The average Bonchev–Trinajstić information content (AvgIpc) is 2.71. The lowest BCUT2D eigenvalue weighted by molar-refractivity contribution is -0.143. The molecule has 0 fully saturated rings. The van der Waals surface area contributed by atoms with Gasteiger partial charge in [0.1, 0.15) is 6.10 Å². The first kappa shape index (κ1) is 23.4. The zero-order chi connectivity index (χ0) is 21.6. The number of esters is 1. The molecule has 2 unspecified atom stereocenters. The third-order valence-electron chi connectivity index (χ3n) is 3.34. The van der Waals surface area contributed by atoms with E-state index in [1.165, 1.54) is 6.92 Å². The highest BCUT2D eigenvalue weighted by molar-refractivity contribution is 5.79. The van der Waals surface area contributed by atoms with E-state index in [0.29, 0.717) is 22.3 Å². The molecule has 0 heterocycles. The Morgan fingerprint density at radius 3 is 1.76 bits per heavy atom. The summed E-state index contributed by atoms with van der Waals surface area (Å²) >= 11 is 0. The van der Waals surface area contributed by atoms with Crippen LogP contribution in [0.2, 0.25) is 0 Å². The Balaban J connectivity index is 0.000000296. The molecule has 5 heteroatoms. The normalized spacial score (nSPS) is 11.0. The molecule has 2 aromatic carbocycles. The van der Waals surface area contributed by atoms with Gasteiger partial charge in [0, 0.05) is 29.2 Å². The second-order valence-electron chi connectivity index (χ2n) is 5.88. The standard InChI is InChI=1S/C13H12O3.C11H10O2/c1-10(16-11(2)15)7-8-12-5-3-4-6-13(12)9-14;1-9(13)6-7-10-4-2-3-5-11(10)8-12/h3-6,9-10H,1-2H3;2-5,8-9,13H,1H3. The van der Waals surface area contributed by atoms with E-state index >= 15 is 0 Å². The number of hydrogen-bond donors (Lipinski definition) is 1. The summed E-state index contributed by atoms with van der Waals surface area (Å²) in [6.45, 7) is 4.59. The molecule has 29 heavy (non-hydrogen) atoms. The van der Waals surface area contributed by atoms with Gasteiger partial charge in [-0.2, -0.15) is 0 Å². The van der Waals surface area contributed by atoms with Gasteiger partial charge in [0.2, 0.25) is 0 Å². The van der Waals surface area contributed by atoms with E-state index in [-0.39, 0.29) is 5.97 Å². The van der Waals surface area contributed by atoms with Crippen molar-refractivity contribution in [1.82, 2.24) is 0 Å². The Morgan fingerprint density at radius 1 is 0.897 bits per heavy atom. The van der Waals surface area contributed by atoms with Crippen molar-refractivity contribution >= 4 is 18.5 Å². The molecule has 0 amide bonds. The van der Waals surface area contributed by atoms with Gasteiger partial charge in [0.15, 0.2) is 18.7 Å². The molecule has 2 aromatic rings. The molecule has 0 aromatic heterocycles. The quantitative estimate of drug-likeness (QED) is 0.495. The van der Waals surface area contributed by atoms with Crippen LogP contribution in [-0.2, 0) is 9.53 Å². The highest BCUT2D eigenvalue weighted by Gasteiger charge is 2.01. The molecule has 148 valence electrons. The van der Waals surface area contributed by atoms with Crippen LogP contribution in [-0.4, -0.2) is 35.9 Å². The van der Waals surface area contributed by atoms with E-state index in [1.807, 2.05) is 0 Å². The lowest BCUT2D eigenvalue weighted by Crippen LogP contribution is -2.09. The summed E-state index contributed by atoms with van der Waals surface area (Å²) < 4.78 is 4.84. The minimum atomic E-state index is -0.667. The van der Waals surface area contributed by atoms with Gasteiger partial charge in [0.05, 0.1) is 0 Å². The van der Waals surface area contributed by atoms with Crippen molar-refractivity contribution in [2.75, 3.05) is 0 Å². The summed E-state index contributed by atoms with van der Waals surface area (Å²) in [5.74, 6) is 10.5. The van der Waals surface area contributed by atoms with Crippen LogP contribution >= 0.6 is 0 Å². The SMILES string of the molecule is CC(=O)OC(C)C#Cc1ccccc1C=O.CC(O)C#Cc1ccccc1C=O. The van der Waals surface area contributed by atoms with E-state index in [4.69, 9.17) is 9.84 Å². The zero-order valence-corrected chi connectivity index (χ0v) is 16.5. The molecule has 2 rings (SSSR count). The molecular weight excluding hydrogens is 368 g/mol.